The third-order valence-electron chi connectivity index (χ3n) is 11.9. The van der Waals surface area contributed by atoms with Crippen LogP contribution in [-0.4, -0.2) is 14.5 Å². The fraction of sp³-hybridized carbons (Fsp3) is 0. The van der Waals surface area contributed by atoms with Crippen LogP contribution >= 0.6 is 0 Å². The lowest BCUT2D eigenvalue weighted by molar-refractivity contribution is 1.16. The molecule has 11 rings (SSSR count). The van der Waals surface area contributed by atoms with E-state index in [-0.39, 0.29) is 0 Å². The zero-order valence-electron chi connectivity index (χ0n) is 34.2. The van der Waals surface area contributed by atoms with Gasteiger partial charge >= 0.3 is 0 Å². The highest BCUT2D eigenvalue weighted by atomic mass is 15.0. The second-order valence-electron chi connectivity index (χ2n) is 15.6. The molecule has 0 radical (unpaired) electrons. The fourth-order valence-corrected chi connectivity index (χ4v) is 8.87. The van der Waals surface area contributed by atoms with Gasteiger partial charge in [0, 0.05) is 38.6 Å². The van der Waals surface area contributed by atoms with Crippen LogP contribution in [0.2, 0.25) is 0 Å². The van der Waals surface area contributed by atoms with Gasteiger partial charge in [-0.2, -0.15) is 5.26 Å². The summed E-state index contributed by atoms with van der Waals surface area (Å²) in [7, 11) is 0. The molecule has 0 aliphatic heterocycles. The summed E-state index contributed by atoms with van der Waals surface area (Å²) in [6.07, 6.45) is 0. The van der Waals surface area contributed by atoms with Crippen LogP contribution in [-0.2, 0) is 0 Å². The van der Waals surface area contributed by atoms with Gasteiger partial charge in [0.15, 0.2) is 5.82 Å². The molecule has 0 unspecified atom stereocenters. The average molecular weight is 803 g/mol. The van der Waals surface area contributed by atoms with Crippen LogP contribution in [0.3, 0.4) is 0 Å². The number of hydrogen-bond acceptors (Lipinski definition) is 3. The molecule has 11 aromatic rings. The molecule has 294 valence electrons. The van der Waals surface area contributed by atoms with E-state index < -0.39 is 0 Å². The van der Waals surface area contributed by atoms with Crippen molar-refractivity contribution in [3.05, 3.63) is 236 Å². The summed E-state index contributed by atoms with van der Waals surface area (Å²) in [6, 6.07) is 83.0. The summed E-state index contributed by atoms with van der Waals surface area (Å²) in [4.78, 5) is 10.5. The average Bonchev–Trinajstić information content (AvgIpc) is 3.69. The van der Waals surface area contributed by atoms with E-state index in [1.165, 1.54) is 21.9 Å². The highest BCUT2D eigenvalue weighted by molar-refractivity contribution is 6.13. The lowest BCUT2D eigenvalue weighted by atomic mass is 9.92. The molecule has 0 aliphatic rings. The Kier molecular flexibility index (Phi) is 9.54. The molecule has 0 spiro atoms. The zero-order chi connectivity index (χ0) is 42.1. The minimum absolute atomic E-state index is 0.439. The van der Waals surface area contributed by atoms with Crippen molar-refractivity contribution < 1.29 is 0 Å². The van der Waals surface area contributed by atoms with Crippen LogP contribution in [0.1, 0.15) is 5.56 Å². The second-order valence-corrected chi connectivity index (χ2v) is 15.6. The van der Waals surface area contributed by atoms with Gasteiger partial charge in [0.1, 0.15) is 11.6 Å². The minimum atomic E-state index is 0.439. The molecule has 2 aromatic heterocycles. The standard InChI is InChI=1S/C59H38N4/c60-39-53-56(44-27-15-5-16-28-44)61-59(62-57(53)45-29-17-6-18-30-45)48-37-49(42-23-11-3-12-24-42)58(50(38-48)43-25-13-4-14-26-43)63-54-33-31-46(40-19-7-1-8-20-40)35-51(54)52-36-47(32-34-55(52)63)41-21-9-2-10-22-41/h1-38H. The van der Waals surface area contributed by atoms with E-state index in [0.29, 0.717) is 22.8 Å². The Hall–Kier alpha value is -8.65. The van der Waals surface area contributed by atoms with E-state index in [2.05, 4.69) is 180 Å². The van der Waals surface area contributed by atoms with E-state index in [4.69, 9.17) is 9.97 Å². The number of nitriles is 1. The molecule has 0 N–H and O–H groups in total. The molecule has 0 amide bonds. The Labute approximate surface area is 366 Å². The Bertz CT molecular complexity index is 3250. The molecule has 4 nitrogen and oxygen atoms in total. The van der Waals surface area contributed by atoms with E-state index in [9.17, 15) is 5.26 Å². The van der Waals surface area contributed by atoms with Crippen molar-refractivity contribution in [2.24, 2.45) is 0 Å². The first-order chi connectivity index (χ1) is 31.2. The highest BCUT2D eigenvalue weighted by Gasteiger charge is 2.25. The van der Waals surface area contributed by atoms with Crippen molar-refractivity contribution in [1.29, 1.82) is 5.26 Å². The number of benzene rings is 9. The van der Waals surface area contributed by atoms with Crippen LogP contribution in [0.15, 0.2) is 231 Å². The van der Waals surface area contributed by atoms with Gasteiger partial charge in [0.05, 0.1) is 28.1 Å². The third kappa shape index (κ3) is 6.85. The predicted molar refractivity (Wildman–Crippen MR) is 259 cm³/mol. The van der Waals surface area contributed by atoms with Gasteiger partial charge in [-0.05, 0) is 69.8 Å². The van der Waals surface area contributed by atoms with Crippen molar-refractivity contribution in [3.63, 3.8) is 0 Å². The normalized spacial score (nSPS) is 11.2. The summed E-state index contributed by atoms with van der Waals surface area (Å²) in [5, 5.41) is 13.1. The Balaban J connectivity index is 1.25. The van der Waals surface area contributed by atoms with Crippen molar-refractivity contribution in [3.8, 4) is 90.2 Å². The predicted octanol–water partition coefficient (Wildman–Crippen LogP) is 15.1. The molecule has 0 fully saturated rings. The van der Waals surface area contributed by atoms with E-state index >= 15 is 0 Å². The largest absolute Gasteiger partial charge is 0.308 e. The van der Waals surface area contributed by atoms with Crippen LogP contribution in [0, 0.1) is 11.3 Å². The summed E-state index contributed by atoms with van der Waals surface area (Å²) < 4.78 is 2.45. The Morgan fingerprint density at radius 1 is 0.333 bits per heavy atom. The molecule has 9 aromatic carbocycles. The Morgan fingerprint density at radius 3 is 1.05 bits per heavy atom. The number of nitrogens with zero attached hydrogens (tertiary/aromatic N) is 4. The lowest BCUT2D eigenvalue weighted by Gasteiger charge is -2.21. The van der Waals surface area contributed by atoms with Crippen LogP contribution in [0.25, 0.3) is 106 Å². The van der Waals surface area contributed by atoms with Crippen molar-refractivity contribution in [2.75, 3.05) is 0 Å². The van der Waals surface area contributed by atoms with Crippen LogP contribution in [0.4, 0.5) is 0 Å². The summed E-state index contributed by atoms with van der Waals surface area (Å²) in [6.45, 7) is 0. The number of fused-ring (bicyclic) bond motifs is 3. The van der Waals surface area contributed by atoms with Gasteiger partial charge in [0.25, 0.3) is 0 Å². The molecule has 2 heterocycles. The molecule has 0 saturated heterocycles. The molecule has 0 saturated carbocycles. The second kappa shape index (κ2) is 16.1. The fourth-order valence-electron chi connectivity index (χ4n) is 8.87. The van der Waals surface area contributed by atoms with E-state index in [0.717, 1.165) is 66.8 Å². The molecule has 0 aliphatic carbocycles. The minimum Gasteiger partial charge on any atom is -0.308 e. The van der Waals surface area contributed by atoms with E-state index in [1.54, 1.807) is 0 Å². The maximum Gasteiger partial charge on any atom is 0.160 e. The van der Waals surface area contributed by atoms with E-state index in [1.807, 2.05) is 60.7 Å². The van der Waals surface area contributed by atoms with Gasteiger partial charge in [-0.1, -0.05) is 194 Å². The van der Waals surface area contributed by atoms with Crippen molar-refractivity contribution >= 4 is 21.8 Å². The van der Waals surface area contributed by atoms with Crippen molar-refractivity contribution in [1.82, 2.24) is 14.5 Å². The smallest absolute Gasteiger partial charge is 0.160 e. The van der Waals surface area contributed by atoms with Gasteiger partial charge in [-0.15, -0.1) is 0 Å². The molecular formula is C59H38N4. The van der Waals surface area contributed by atoms with Crippen LogP contribution in [0.5, 0.6) is 0 Å². The first-order valence-electron chi connectivity index (χ1n) is 21.1. The maximum absolute atomic E-state index is 10.7. The van der Waals surface area contributed by atoms with Gasteiger partial charge < -0.3 is 4.57 Å². The highest BCUT2D eigenvalue weighted by Crippen LogP contribution is 2.45. The van der Waals surface area contributed by atoms with Gasteiger partial charge in [-0.25, -0.2) is 9.97 Å². The monoisotopic (exact) mass is 802 g/mol. The van der Waals surface area contributed by atoms with Gasteiger partial charge in [0.2, 0.25) is 0 Å². The summed E-state index contributed by atoms with van der Waals surface area (Å²) in [5.74, 6) is 0.537. The molecule has 63 heavy (non-hydrogen) atoms. The molecule has 4 heteroatoms. The molecule has 0 bridgehead atoms. The SMILES string of the molecule is N#Cc1c(-c2ccccc2)nc(-c2cc(-c3ccccc3)c(-n3c4ccc(-c5ccccc5)cc4c4cc(-c5ccccc5)ccc43)c(-c3ccccc3)c2)nc1-c1ccccc1. The van der Waals surface area contributed by atoms with Gasteiger partial charge in [-0.3, -0.25) is 0 Å². The quantitative estimate of drug-likeness (QED) is 0.154. The number of hydrogen-bond donors (Lipinski definition) is 0. The summed E-state index contributed by atoms with van der Waals surface area (Å²) >= 11 is 0. The zero-order valence-corrected chi connectivity index (χ0v) is 34.2. The van der Waals surface area contributed by atoms with Crippen LogP contribution < -0.4 is 0 Å². The topological polar surface area (TPSA) is 54.5 Å². The third-order valence-corrected chi connectivity index (χ3v) is 11.9. The lowest BCUT2D eigenvalue weighted by Crippen LogP contribution is -2.04. The first-order valence-corrected chi connectivity index (χ1v) is 21.1. The first kappa shape index (κ1) is 37.4. The maximum atomic E-state index is 10.7. The molecular weight excluding hydrogens is 765 g/mol. The van der Waals surface area contributed by atoms with Crippen molar-refractivity contribution in [2.45, 2.75) is 0 Å². The molecule has 0 atom stereocenters. The number of rotatable bonds is 8. The summed E-state index contributed by atoms with van der Waals surface area (Å²) in [5.41, 5.74) is 16.3. The number of aromatic nitrogens is 3. The Morgan fingerprint density at radius 2 is 0.683 bits per heavy atom.